The van der Waals surface area contributed by atoms with Crippen LogP contribution in [-0.2, 0) is 21.2 Å². The van der Waals surface area contributed by atoms with Gasteiger partial charge in [-0.1, -0.05) is 29.3 Å². The van der Waals surface area contributed by atoms with Crippen LogP contribution < -0.4 is 0 Å². The van der Waals surface area contributed by atoms with Gasteiger partial charge in [0, 0.05) is 33.1 Å². The molecule has 1 aliphatic rings. The van der Waals surface area contributed by atoms with Gasteiger partial charge in [-0.2, -0.15) is 0 Å². The Hall–Kier alpha value is -0.860. The standard InChI is InChI=1S/C15H20Cl2N2O4S/c1-18(2)24(22,23)9-11-7-19(8-14(11)20)15(21)6-10-3-4-12(16)13(17)5-10/h3-5,11,14,20H,6-9H2,1-2H3/t11-,14-/m0/s1. The number of aliphatic hydroxyl groups excluding tert-OH is 1. The van der Waals surface area contributed by atoms with Crippen molar-refractivity contribution >= 4 is 39.1 Å². The van der Waals surface area contributed by atoms with Crippen molar-refractivity contribution in [1.82, 2.24) is 9.21 Å². The molecule has 2 rings (SSSR count). The fraction of sp³-hybridized carbons (Fsp3) is 0.533. The van der Waals surface area contributed by atoms with Crippen molar-refractivity contribution in [2.24, 2.45) is 5.92 Å². The number of carbonyl (C=O) groups excluding carboxylic acids is 1. The maximum atomic E-state index is 12.4. The fourth-order valence-corrected chi connectivity index (χ4v) is 4.06. The van der Waals surface area contributed by atoms with Crippen molar-refractivity contribution in [1.29, 1.82) is 0 Å². The lowest BCUT2D eigenvalue weighted by Crippen LogP contribution is -2.34. The monoisotopic (exact) mass is 394 g/mol. The molecule has 0 radical (unpaired) electrons. The van der Waals surface area contributed by atoms with E-state index >= 15 is 0 Å². The summed E-state index contributed by atoms with van der Waals surface area (Å²) in [7, 11) is -0.533. The number of hydrogen-bond donors (Lipinski definition) is 1. The van der Waals surface area contributed by atoms with Gasteiger partial charge in [-0.3, -0.25) is 4.79 Å². The van der Waals surface area contributed by atoms with Crippen LogP contribution in [0.25, 0.3) is 0 Å². The quantitative estimate of drug-likeness (QED) is 0.814. The molecule has 1 N–H and O–H groups in total. The summed E-state index contributed by atoms with van der Waals surface area (Å²) in [5, 5.41) is 10.9. The van der Waals surface area contributed by atoms with Crippen molar-refractivity contribution < 1.29 is 18.3 Å². The van der Waals surface area contributed by atoms with Gasteiger partial charge in [0.15, 0.2) is 0 Å². The molecule has 1 saturated heterocycles. The molecular weight excluding hydrogens is 375 g/mol. The third-order valence-electron chi connectivity index (χ3n) is 4.08. The number of halogens is 2. The van der Waals surface area contributed by atoms with Gasteiger partial charge in [0.05, 0.1) is 28.3 Å². The van der Waals surface area contributed by atoms with Crippen molar-refractivity contribution in [3.05, 3.63) is 33.8 Å². The molecule has 0 spiro atoms. The van der Waals surface area contributed by atoms with E-state index in [0.29, 0.717) is 15.6 Å². The van der Waals surface area contributed by atoms with Crippen LogP contribution in [0.15, 0.2) is 18.2 Å². The van der Waals surface area contributed by atoms with Gasteiger partial charge in [0.25, 0.3) is 0 Å². The Morgan fingerprint density at radius 1 is 1.29 bits per heavy atom. The number of likely N-dealkylation sites (tertiary alicyclic amines) is 1. The van der Waals surface area contributed by atoms with Crippen molar-refractivity contribution in [2.45, 2.75) is 12.5 Å². The van der Waals surface area contributed by atoms with Gasteiger partial charge in [0.2, 0.25) is 15.9 Å². The van der Waals surface area contributed by atoms with E-state index in [-0.39, 0.29) is 31.2 Å². The number of aliphatic hydroxyl groups is 1. The van der Waals surface area contributed by atoms with Gasteiger partial charge >= 0.3 is 0 Å². The Kier molecular flexibility index (Phi) is 6.14. The molecule has 2 atom stereocenters. The first kappa shape index (κ1) is 19.5. The average Bonchev–Trinajstić information content (AvgIpc) is 2.83. The molecule has 1 heterocycles. The van der Waals surface area contributed by atoms with Crippen LogP contribution in [0, 0.1) is 5.92 Å². The number of nitrogens with zero attached hydrogens (tertiary/aromatic N) is 2. The molecule has 24 heavy (non-hydrogen) atoms. The smallest absolute Gasteiger partial charge is 0.227 e. The first-order valence-electron chi connectivity index (χ1n) is 7.40. The Morgan fingerprint density at radius 3 is 2.54 bits per heavy atom. The second-order valence-corrected chi connectivity index (χ2v) is 9.15. The van der Waals surface area contributed by atoms with Gasteiger partial charge in [-0.25, -0.2) is 12.7 Å². The zero-order chi connectivity index (χ0) is 18.1. The minimum absolute atomic E-state index is 0.122. The fourth-order valence-electron chi connectivity index (χ4n) is 2.58. The highest BCUT2D eigenvalue weighted by Gasteiger charge is 2.37. The number of benzene rings is 1. The van der Waals surface area contributed by atoms with E-state index in [0.717, 1.165) is 4.31 Å². The minimum Gasteiger partial charge on any atom is -0.391 e. The van der Waals surface area contributed by atoms with Crippen LogP contribution in [0.1, 0.15) is 5.56 Å². The van der Waals surface area contributed by atoms with Crippen molar-refractivity contribution in [3.63, 3.8) is 0 Å². The second-order valence-electron chi connectivity index (χ2n) is 6.11. The number of amides is 1. The summed E-state index contributed by atoms with van der Waals surface area (Å²) in [5.74, 6) is -0.857. The molecular formula is C15H20Cl2N2O4S. The Morgan fingerprint density at radius 2 is 1.96 bits per heavy atom. The van der Waals surface area contributed by atoms with E-state index in [9.17, 15) is 18.3 Å². The molecule has 1 aromatic carbocycles. The minimum atomic E-state index is -3.43. The summed E-state index contributed by atoms with van der Waals surface area (Å²) in [5.41, 5.74) is 0.716. The summed E-state index contributed by atoms with van der Waals surface area (Å²) < 4.78 is 25.0. The Balaban J connectivity index is 2.00. The van der Waals surface area contributed by atoms with Crippen molar-refractivity contribution in [3.8, 4) is 0 Å². The van der Waals surface area contributed by atoms with Crippen LogP contribution >= 0.6 is 23.2 Å². The van der Waals surface area contributed by atoms with Crippen LogP contribution in [0.4, 0.5) is 0 Å². The summed E-state index contributed by atoms with van der Waals surface area (Å²) in [6.45, 7) is 0.349. The third-order valence-corrected chi connectivity index (χ3v) is 6.78. The molecule has 0 saturated carbocycles. The summed E-state index contributed by atoms with van der Waals surface area (Å²) in [4.78, 5) is 13.9. The van der Waals surface area contributed by atoms with Crippen LogP contribution in [0.5, 0.6) is 0 Å². The molecule has 1 amide bonds. The highest BCUT2D eigenvalue weighted by molar-refractivity contribution is 7.89. The highest BCUT2D eigenvalue weighted by atomic mass is 35.5. The average molecular weight is 395 g/mol. The van der Waals surface area contributed by atoms with E-state index in [4.69, 9.17) is 23.2 Å². The number of carbonyl (C=O) groups is 1. The van der Waals surface area contributed by atoms with E-state index in [1.807, 2.05) is 0 Å². The number of β-amino-alcohol motifs (C(OH)–C–C–N with tert-alkyl or cyclic N) is 1. The van der Waals surface area contributed by atoms with E-state index in [2.05, 4.69) is 0 Å². The van der Waals surface area contributed by atoms with Gasteiger partial charge in [-0.05, 0) is 17.7 Å². The molecule has 1 aromatic rings. The predicted molar refractivity (Wildman–Crippen MR) is 93.7 cm³/mol. The molecule has 1 fully saturated rings. The molecule has 6 nitrogen and oxygen atoms in total. The van der Waals surface area contributed by atoms with Crippen LogP contribution in [0.2, 0.25) is 10.0 Å². The largest absolute Gasteiger partial charge is 0.391 e. The number of rotatable bonds is 5. The molecule has 0 aliphatic carbocycles. The topological polar surface area (TPSA) is 77.9 Å². The molecule has 0 aromatic heterocycles. The number of hydrogen-bond acceptors (Lipinski definition) is 4. The Labute approximate surface area is 152 Å². The van der Waals surface area contributed by atoms with Gasteiger partial charge < -0.3 is 10.0 Å². The summed E-state index contributed by atoms with van der Waals surface area (Å²) in [6.07, 6.45) is -0.728. The SMILES string of the molecule is CN(C)S(=O)(=O)C[C@@H]1CN(C(=O)Cc2ccc(Cl)c(Cl)c2)C[C@@H]1O. The summed E-state index contributed by atoms with van der Waals surface area (Å²) >= 11 is 11.8. The highest BCUT2D eigenvalue weighted by Crippen LogP contribution is 2.24. The van der Waals surface area contributed by atoms with Gasteiger partial charge in [-0.15, -0.1) is 0 Å². The maximum Gasteiger partial charge on any atom is 0.227 e. The van der Waals surface area contributed by atoms with Crippen LogP contribution in [0.3, 0.4) is 0 Å². The molecule has 134 valence electrons. The maximum absolute atomic E-state index is 12.4. The van der Waals surface area contributed by atoms with Crippen molar-refractivity contribution in [2.75, 3.05) is 32.9 Å². The molecule has 0 unspecified atom stereocenters. The van der Waals surface area contributed by atoms with E-state index < -0.39 is 22.0 Å². The lowest BCUT2D eigenvalue weighted by molar-refractivity contribution is -0.129. The second kappa shape index (κ2) is 7.58. The Bertz CT molecular complexity index is 724. The van der Waals surface area contributed by atoms with E-state index in [1.54, 1.807) is 18.2 Å². The first-order valence-corrected chi connectivity index (χ1v) is 9.76. The van der Waals surface area contributed by atoms with Crippen LogP contribution in [-0.4, -0.2) is 67.7 Å². The first-order chi connectivity index (χ1) is 11.1. The summed E-state index contributed by atoms with van der Waals surface area (Å²) in [6, 6.07) is 4.96. The van der Waals surface area contributed by atoms with E-state index in [1.165, 1.54) is 19.0 Å². The molecule has 0 bridgehead atoms. The molecule has 9 heteroatoms. The lowest BCUT2D eigenvalue weighted by Gasteiger charge is -2.18. The zero-order valence-electron chi connectivity index (χ0n) is 13.4. The number of sulfonamides is 1. The lowest BCUT2D eigenvalue weighted by atomic mass is 10.1. The molecule has 1 aliphatic heterocycles. The normalized spacial score (nSPS) is 21.5. The predicted octanol–water partition coefficient (Wildman–Crippen LogP) is 1.25. The van der Waals surface area contributed by atoms with Gasteiger partial charge in [0.1, 0.15) is 0 Å². The zero-order valence-corrected chi connectivity index (χ0v) is 15.8. The third kappa shape index (κ3) is 4.61.